The highest BCUT2D eigenvalue weighted by Gasteiger charge is 2.38. The van der Waals surface area contributed by atoms with Crippen molar-refractivity contribution in [2.75, 3.05) is 10.2 Å². The topological polar surface area (TPSA) is 58.1 Å². The lowest BCUT2D eigenvalue weighted by Gasteiger charge is -2.23. The van der Waals surface area contributed by atoms with Gasteiger partial charge in [0, 0.05) is 24.0 Å². The number of anilines is 3. The fourth-order valence-corrected chi connectivity index (χ4v) is 2.89. The van der Waals surface area contributed by atoms with Crippen molar-refractivity contribution in [3.63, 3.8) is 0 Å². The summed E-state index contributed by atoms with van der Waals surface area (Å²) in [5.74, 6) is 1.36. The third-order valence-corrected chi connectivity index (χ3v) is 4.13. The third kappa shape index (κ3) is 2.38. The normalized spacial score (nSPS) is 16.7. The molecular weight excluding hydrogens is 288 g/mol. The first kappa shape index (κ1) is 13.9. The Morgan fingerprint density at radius 3 is 2.87 bits per heavy atom. The first-order chi connectivity index (χ1) is 11.3. The molecule has 2 aromatic rings. The summed E-state index contributed by atoms with van der Waals surface area (Å²) in [4.78, 5) is 23.8. The maximum absolute atomic E-state index is 12.7. The minimum atomic E-state index is -0.128. The molecule has 5 heteroatoms. The predicted molar refractivity (Wildman–Crippen MR) is 90.9 cm³/mol. The van der Waals surface area contributed by atoms with E-state index in [1.165, 1.54) is 0 Å². The van der Waals surface area contributed by atoms with Crippen LogP contribution in [-0.4, -0.2) is 21.9 Å². The largest absolute Gasteiger partial charge is 0.318 e. The van der Waals surface area contributed by atoms with E-state index in [-0.39, 0.29) is 5.91 Å². The zero-order chi connectivity index (χ0) is 15.8. The van der Waals surface area contributed by atoms with Crippen LogP contribution in [0.15, 0.2) is 36.7 Å². The van der Waals surface area contributed by atoms with Gasteiger partial charge in [0.15, 0.2) is 5.82 Å². The van der Waals surface area contributed by atoms with Gasteiger partial charge >= 0.3 is 0 Å². The van der Waals surface area contributed by atoms with E-state index in [0.29, 0.717) is 17.4 Å². The van der Waals surface area contributed by atoms with E-state index < -0.39 is 0 Å². The first-order valence-corrected chi connectivity index (χ1v) is 8.00. The molecule has 1 aliphatic carbocycles. The van der Waals surface area contributed by atoms with Crippen LogP contribution >= 0.6 is 0 Å². The molecule has 0 bridgehead atoms. The van der Waals surface area contributed by atoms with Crippen LogP contribution in [0.5, 0.6) is 0 Å². The standard InChI is InChI=1S/C18H18N4O/c1-2-3-5-12-9-11-20-17-15(12)21-18(23)14-6-4-10-19-16(14)22(17)13-7-8-13/h3-6,9-11,13H,2,7-8H2,1H3,(H,21,23)/b5-3+. The fourth-order valence-electron chi connectivity index (χ4n) is 2.89. The quantitative estimate of drug-likeness (QED) is 0.938. The number of carbonyl (C=O) groups is 1. The second-order valence-corrected chi connectivity index (χ2v) is 5.84. The SMILES string of the molecule is CC/C=C/c1ccnc2c1NC(=O)c1cccnc1N2C1CC1. The van der Waals surface area contributed by atoms with Crippen LogP contribution < -0.4 is 10.2 Å². The molecule has 0 unspecified atom stereocenters. The molecule has 1 N–H and O–H groups in total. The second-order valence-electron chi connectivity index (χ2n) is 5.84. The first-order valence-electron chi connectivity index (χ1n) is 8.00. The minimum absolute atomic E-state index is 0.128. The summed E-state index contributed by atoms with van der Waals surface area (Å²) in [5.41, 5.74) is 2.35. The van der Waals surface area contributed by atoms with Gasteiger partial charge in [0.05, 0.1) is 11.3 Å². The van der Waals surface area contributed by atoms with E-state index in [2.05, 4.69) is 33.2 Å². The van der Waals surface area contributed by atoms with Crippen molar-refractivity contribution >= 4 is 29.3 Å². The van der Waals surface area contributed by atoms with Crippen molar-refractivity contribution in [3.05, 3.63) is 47.8 Å². The number of allylic oxidation sites excluding steroid dienone is 1. The number of fused-ring (bicyclic) bond motifs is 2. The lowest BCUT2D eigenvalue weighted by molar-refractivity contribution is 0.102. The Morgan fingerprint density at radius 2 is 2.09 bits per heavy atom. The van der Waals surface area contributed by atoms with Crippen LogP contribution in [0.25, 0.3) is 6.08 Å². The monoisotopic (exact) mass is 306 g/mol. The Balaban J connectivity index is 1.93. The van der Waals surface area contributed by atoms with Gasteiger partial charge in [-0.15, -0.1) is 0 Å². The minimum Gasteiger partial charge on any atom is -0.318 e. The van der Waals surface area contributed by atoms with E-state index >= 15 is 0 Å². The zero-order valence-electron chi connectivity index (χ0n) is 13.0. The number of hydrogen-bond acceptors (Lipinski definition) is 4. The highest BCUT2D eigenvalue weighted by Crippen LogP contribution is 2.43. The van der Waals surface area contributed by atoms with Gasteiger partial charge in [0.2, 0.25) is 0 Å². The molecule has 0 aromatic carbocycles. The highest BCUT2D eigenvalue weighted by atomic mass is 16.1. The summed E-state index contributed by atoms with van der Waals surface area (Å²) in [6.45, 7) is 2.09. The molecular formula is C18H18N4O. The molecule has 4 rings (SSSR count). The fraction of sp³-hybridized carbons (Fsp3) is 0.278. The van der Waals surface area contributed by atoms with E-state index in [1.54, 1.807) is 18.5 Å². The van der Waals surface area contributed by atoms with Gasteiger partial charge in [0.1, 0.15) is 5.82 Å². The highest BCUT2D eigenvalue weighted by molar-refractivity contribution is 6.12. The molecule has 0 spiro atoms. The number of rotatable bonds is 3. The molecule has 0 atom stereocenters. The van der Waals surface area contributed by atoms with Crippen molar-refractivity contribution in [3.8, 4) is 0 Å². The molecule has 1 aliphatic heterocycles. The number of nitrogens with one attached hydrogen (secondary N) is 1. The zero-order valence-corrected chi connectivity index (χ0v) is 13.0. The lowest BCUT2D eigenvalue weighted by Crippen LogP contribution is -2.22. The van der Waals surface area contributed by atoms with E-state index in [9.17, 15) is 4.79 Å². The summed E-state index contributed by atoms with van der Waals surface area (Å²) in [7, 11) is 0. The number of aromatic nitrogens is 2. The number of carbonyl (C=O) groups excluding carboxylic acids is 1. The summed E-state index contributed by atoms with van der Waals surface area (Å²) in [6, 6.07) is 5.92. The maximum Gasteiger partial charge on any atom is 0.259 e. The summed E-state index contributed by atoms with van der Waals surface area (Å²) >= 11 is 0. The van der Waals surface area contributed by atoms with Crippen molar-refractivity contribution in [2.24, 2.45) is 0 Å². The average Bonchev–Trinajstić information content (AvgIpc) is 3.40. The van der Waals surface area contributed by atoms with E-state index in [4.69, 9.17) is 0 Å². The van der Waals surface area contributed by atoms with Crippen LogP contribution in [0.4, 0.5) is 17.3 Å². The van der Waals surface area contributed by atoms with Gasteiger partial charge in [-0.2, -0.15) is 0 Å². The molecule has 2 aromatic heterocycles. The van der Waals surface area contributed by atoms with Crippen molar-refractivity contribution < 1.29 is 4.79 Å². The molecule has 3 heterocycles. The van der Waals surface area contributed by atoms with Crippen molar-refractivity contribution in [2.45, 2.75) is 32.2 Å². The molecule has 1 amide bonds. The van der Waals surface area contributed by atoms with E-state index in [1.807, 2.05) is 18.2 Å². The number of amides is 1. The van der Waals surface area contributed by atoms with Crippen molar-refractivity contribution in [1.82, 2.24) is 9.97 Å². The van der Waals surface area contributed by atoms with Crippen molar-refractivity contribution in [1.29, 1.82) is 0 Å². The van der Waals surface area contributed by atoms with Gasteiger partial charge in [-0.25, -0.2) is 9.97 Å². The van der Waals surface area contributed by atoms with Gasteiger partial charge in [-0.05, 0) is 37.5 Å². The molecule has 2 aliphatic rings. The van der Waals surface area contributed by atoms with Gasteiger partial charge in [-0.1, -0.05) is 19.1 Å². The van der Waals surface area contributed by atoms with Crippen LogP contribution in [0.2, 0.25) is 0 Å². The molecule has 116 valence electrons. The smallest absolute Gasteiger partial charge is 0.259 e. The Bertz CT molecular complexity index is 795. The summed E-state index contributed by atoms with van der Waals surface area (Å²) in [6.07, 6.45) is 10.8. The predicted octanol–water partition coefficient (Wildman–Crippen LogP) is 3.77. The number of hydrogen-bond donors (Lipinski definition) is 1. The summed E-state index contributed by atoms with van der Waals surface area (Å²) < 4.78 is 0. The van der Waals surface area contributed by atoms with Crippen LogP contribution in [0, 0.1) is 0 Å². The Hall–Kier alpha value is -2.69. The molecule has 0 saturated heterocycles. The number of nitrogens with zero attached hydrogens (tertiary/aromatic N) is 3. The average molecular weight is 306 g/mol. The van der Waals surface area contributed by atoms with Crippen LogP contribution in [0.1, 0.15) is 42.1 Å². The number of pyridine rings is 2. The van der Waals surface area contributed by atoms with Gasteiger partial charge in [0.25, 0.3) is 5.91 Å². The Labute approximate surface area is 135 Å². The van der Waals surface area contributed by atoms with Gasteiger partial charge in [-0.3, -0.25) is 4.79 Å². The molecule has 5 nitrogen and oxygen atoms in total. The van der Waals surface area contributed by atoms with Crippen LogP contribution in [-0.2, 0) is 0 Å². The third-order valence-electron chi connectivity index (χ3n) is 4.13. The molecule has 0 radical (unpaired) electrons. The Kier molecular flexibility index (Phi) is 3.33. The maximum atomic E-state index is 12.7. The molecule has 1 fully saturated rings. The van der Waals surface area contributed by atoms with Crippen LogP contribution in [0.3, 0.4) is 0 Å². The summed E-state index contributed by atoms with van der Waals surface area (Å²) in [5, 5.41) is 3.03. The second kappa shape index (κ2) is 5.50. The Morgan fingerprint density at radius 1 is 1.26 bits per heavy atom. The van der Waals surface area contributed by atoms with E-state index in [0.717, 1.165) is 36.3 Å². The van der Waals surface area contributed by atoms with Gasteiger partial charge < -0.3 is 10.2 Å². The molecule has 23 heavy (non-hydrogen) atoms. The lowest BCUT2D eigenvalue weighted by atomic mass is 10.1. The molecule has 1 saturated carbocycles.